The molecule has 1 aliphatic rings. The first kappa shape index (κ1) is 41.0. The Morgan fingerprint density at radius 2 is 1.26 bits per heavy atom. The molecule has 0 aromatic rings. The summed E-state index contributed by atoms with van der Waals surface area (Å²) in [7, 11) is 0. The Morgan fingerprint density at radius 1 is 0.723 bits per heavy atom. The Labute approximate surface area is 273 Å². The van der Waals surface area contributed by atoms with Gasteiger partial charge in [-0.2, -0.15) is 0 Å². The fourth-order valence-corrected chi connectivity index (χ4v) is 4.12. The van der Waals surface area contributed by atoms with E-state index in [1.807, 2.05) is 0 Å². The van der Waals surface area contributed by atoms with E-state index >= 15 is 0 Å². The Balaban J connectivity index is 2.96. The number of carbonyl (C=O) groups is 7. The van der Waals surface area contributed by atoms with Gasteiger partial charge in [0.1, 0.15) is 30.0 Å². The number of rotatable bonds is 14. The second-order valence-corrected chi connectivity index (χ2v) is 12.6. The van der Waals surface area contributed by atoms with Crippen LogP contribution in [0.2, 0.25) is 0 Å². The number of esters is 5. The van der Waals surface area contributed by atoms with Crippen molar-refractivity contribution >= 4 is 41.8 Å². The van der Waals surface area contributed by atoms with Crippen LogP contribution in [0.15, 0.2) is 0 Å². The van der Waals surface area contributed by atoms with Crippen LogP contribution in [0.1, 0.15) is 82.1 Å². The van der Waals surface area contributed by atoms with Gasteiger partial charge in [-0.05, 0) is 48.0 Å². The van der Waals surface area contributed by atoms with Gasteiger partial charge in [0.15, 0.2) is 24.6 Å². The van der Waals surface area contributed by atoms with Crippen LogP contribution in [0.5, 0.6) is 0 Å². The predicted octanol–water partition coefficient (Wildman–Crippen LogP) is 1.22. The third-order valence-corrected chi connectivity index (χ3v) is 5.70. The van der Waals surface area contributed by atoms with Crippen LogP contribution in [0.4, 0.5) is 4.79 Å². The van der Waals surface area contributed by atoms with Crippen molar-refractivity contribution in [2.24, 2.45) is 0 Å². The largest absolute Gasteiger partial charge is 0.463 e. The molecule has 47 heavy (non-hydrogen) atoms. The Bertz CT molecular complexity index is 1130. The van der Waals surface area contributed by atoms with E-state index in [1.54, 1.807) is 41.5 Å². The number of amides is 2. The quantitative estimate of drug-likeness (QED) is 0.150. The van der Waals surface area contributed by atoms with Gasteiger partial charge in [-0.1, -0.05) is 0 Å². The second-order valence-electron chi connectivity index (χ2n) is 12.6. The van der Waals surface area contributed by atoms with Crippen LogP contribution in [-0.4, -0.2) is 110 Å². The summed E-state index contributed by atoms with van der Waals surface area (Å²) in [6, 6.07) is -1.18. The van der Waals surface area contributed by atoms with E-state index < -0.39 is 96.4 Å². The number of carbonyl (C=O) groups excluding carboxylic acids is 7. The van der Waals surface area contributed by atoms with Crippen molar-refractivity contribution in [3.8, 4) is 0 Å². The van der Waals surface area contributed by atoms with Gasteiger partial charge in [-0.3, -0.25) is 24.0 Å². The third kappa shape index (κ3) is 16.9. The summed E-state index contributed by atoms with van der Waals surface area (Å²) in [6.45, 7) is 13.7. The van der Waals surface area contributed by atoms with E-state index in [9.17, 15) is 33.6 Å². The molecule has 268 valence electrons. The highest BCUT2D eigenvalue weighted by Crippen LogP contribution is 2.30. The van der Waals surface area contributed by atoms with E-state index in [0.29, 0.717) is 0 Å². The highest BCUT2D eigenvalue weighted by molar-refractivity contribution is 5.83. The molecule has 0 bridgehead atoms. The van der Waals surface area contributed by atoms with Gasteiger partial charge in [0.05, 0.1) is 6.61 Å². The molecule has 17 heteroatoms. The zero-order chi connectivity index (χ0) is 36.1. The lowest BCUT2D eigenvalue weighted by atomic mass is 9.98. The number of alkyl carbamates (subject to hydrolysis) is 1. The van der Waals surface area contributed by atoms with Gasteiger partial charge in [0.2, 0.25) is 5.91 Å². The van der Waals surface area contributed by atoms with E-state index in [4.69, 9.17) is 37.9 Å². The van der Waals surface area contributed by atoms with E-state index in [-0.39, 0.29) is 26.0 Å². The molecule has 2 N–H and O–H groups in total. The SMILES string of the molecule is CC(=O)OC[C@H]1O[C@@H](OCCNC(=O)CC[C@H](NC(=O)OC(C)(C)C)C(=O)OC(C)(C)C)[C@H](OC(C)=O)[C@@H](OC(C)=O)[C@@H]1OC(C)=O. The number of hydrogen-bond acceptors (Lipinski definition) is 15. The highest BCUT2D eigenvalue weighted by Gasteiger charge is 2.52. The van der Waals surface area contributed by atoms with E-state index in [1.165, 1.54) is 0 Å². The van der Waals surface area contributed by atoms with Crippen LogP contribution < -0.4 is 10.6 Å². The zero-order valence-electron chi connectivity index (χ0n) is 28.6. The maximum Gasteiger partial charge on any atom is 0.408 e. The number of ether oxygens (including phenoxy) is 8. The average Bonchev–Trinajstić information content (AvgIpc) is 2.88. The summed E-state index contributed by atoms with van der Waals surface area (Å²) in [5.41, 5.74) is -1.67. The summed E-state index contributed by atoms with van der Waals surface area (Å²) in [5, 5.41) is 5.03. The molecule has 1 aliphatic heterocycles. The molecule has 0 unspecified atom stereocenters. The van der Waals surface area contributed by atoms with Gasteiger partial charge in [0.25, 0.3) is 0 Å². The van der Waals surface area contributed by atoms with Crippen molar-refractivity contribution < 1.29 is 71.5 Å². The van der Waals surface area contributed by atoms with Crippen LogP contribution in [0, 0.1) is 0 Å². The third-order valence-electron chi connectivity index (χ3n) is 5.70. The van der Waals surface area contributed by atoms with Gasteiger partial charge >= 0.3 is 35.9 Å². The molecule has 6 atom stereocenters. The molecule has 0 aliphatic carbocycles. The first-order valence-electron chi connectivity index (χ1n) is 15.0. The molecule has 1 heterocycles. The molecule has 0 saturated carbocycles. The van der Waals surface area contributed by atoms with Crippen molar-refractivity contribution in [1.82, 2.24) is 10.6 Å². The molecule has 0 aromatic heterocycles. The van der Waals surface area contributed by atoms with E-state index in [2.05, 4.69) is 10.6 Å². The molecule has 2 amide bonds. The molecule has 1 saturated heterocycles. The summed E-state index contributed by atoms with van der Waals surface area (Å²) in [5.74, 6) is -4.29. The second kappa shape index (κ2) is 18.4. The van der Waals surface area contributed by atoms with Gasteiger partial charge < -0.3 is 48.5 Å². The maximum atomic E-state index is 12.7. The molecule has 1 fully saturated rings. The monoisotopic (exact) mass is 676 g/mol. The molecule has 0 radical (unpaired) electrons. The molecule has 0 aromatic carbocycles. The van der Waals surface area contributed by atoms with Gasteiger partial charge in [-0.15, -0.1) is 0 Å². The lowest BCUT2D eigenvalue weighted by Crippen LogP contribution is -2.63. The average molecular weight is 677 g/mol. The van der Waals surface area contributed by atoms with Crippen molar-refractivity contribution in [2.75, 3.05) is 19.8 Å². The smallest absolute Gasteiger partial charge is 0.408 e. The Morgan fingerprint density at radius 3 is 1.77 bits per heavy atom. The standard InChI is InChI=1S/C30H48N2O15/c1-16(33)41-15-21-23(42-17(2)34)24(43-18(3)35)25(44-19(4)36)27(45-21)40-14-13-31-22(37)12-11-20(26(38)46-29(5,6)7)32-28(39)47-30(8,9)10/h20-21,23-25,27H,11-15H2,1-10H3,(H,31,37)(H,32,39)/t20-,21+,23+,24-,25+,27+/m0/s1. The minimum absolute atomic E-state index is 0.0949. The van der Waals surface area contributed by atoms with Crippen LogP contribution in [0.3, 0.4) is 0 Å². The molecule has 17 nitrogen and oxygen atoms in total. The summed E-state index contributed by atoms with van der Waals surface area (Å²) >= 11 is 0. The Hall–Kier alpha value is -3.99. The molecular weight excluding hydrogens is 628 g/mol. The maximum absolute atomic E-state index is 12.7. The number of nitrogens with one attached hydrogen (secondary N) is 2. The lowest BCUT2D eigenvalue weighted by molar-refractivity contribution is -0.307. The Kier molecular flexibility index (Phi) is 16.0. The van der Waals surface area contributed by atoms with Crippen LogP contribution in [-0.2, 0) is 66.7 Å². The number of hydrogen-bond donors (Lipinski definition) is 2. The summed E-state index contributed by atoms with van der Waals surface area (Å²) in [6.07, 6.45) is -7.93. The van der Waals surface area contributed by atoms with Gasteiger partial charge in [-0.25, -0.2) is 9.59 Å². The molecular formula is C30H48N2O15. The van der Waals surface area contributed by atoms with E-state index in [0.717, 1.165) is 27.7 Å². The highest BCUT2D eigenvalue weighted by atomic mass is 16.7. The van der Waals surface area contributed by atoms with Gasteiger partial charge in [0, 0.05) is 40.7 Å². The first-order chi connectivity index (χ1) is 21.6. The molecule has 0 spiro atoms. The zero-order valence-corrected chi connectivity index (χ0v) is 28.6. The predicted molar refractivity (Wildman–Crippen MR) is 159 cm³/mol. The van der Waals surface area contributed by atoms with Crippen molar-refractivity contribution in [3.05, 3.63) is 0 Å². The van der Waals surface area contributed by atoms with Crippen molar-refractivity contribution in [1.29, 1.82) is 0 Å². The van der Waals surface area contributed by atoms with Crippen molar-refractivity contribution in [2.45, 2.75) is 130 Å². The normalized spacial score (nSPS) is 21.7. The summed E-state index contributed by atoms with van der Waals surface area (Å²) < 4.78 is 43.2. The minimum Gasteiger partial charge on any atom is -0.463 e. The van der Waals surface area contributed by atoms with Crippen LogP contribution >= 0.6 is 0 Å². The van der Waals surface area contributed by atoms with Crippen molar-refractivity contribution in [3.63, 3.8) is 0 Å². The first-order valence-corrected chi connectivity index (χ1v) is 15.0. The topological polar surface area (TPSA) is 217 Å². The van der Waals surface area contributed by atoms with Crippen LogP contribution in [0.25, 0.3) is 0 Å². The summed E-state index contributed by atoms with van der Waals surface area (Å²) in [4.78, 5) is 84.9. The fraction of sp³-hybridized carbons (Fsp3) is 0.767. The fourth-order valence-electron chi connectivity index (χ4n) is 4.12. The lowest BCUT2D eigenvalue weighted by Gasteiger charge is -2.44. The molecule has 1 rings (SSSR count). The minimum atomic E-state index is -1.42.